The van der Waals surface area contributed by atoms with E-state index in [2.05, 4.69) is 4.90 Å². The van der Waals surface area contributed by atoms with E-state index < -0.39 is 0 Å². The number of hydrogen-bond donors (Lipinski definition) is 1. The fourth-order valence-corrected chi connectivity index (χ4v) is 2.60. The lowest BCUT2D eigenvalue weighted by Gasteiger charge is -2.27. The van der Waals surface area contributed by atoms with Crippen molar-refractivity contribution in [1.29, 1.82) is 0 Å². The van der Waals surface area contributed by atoms with Crippen molar-refractivity contribution in [3.05, 3.63) is 28.8 Å². The second-order valence-corrected chi connectivity index (χ2v) is 5.69. The van der Waals surface area contributed by atoms with E-state index in [9.17, 15) is 0 Å². The Morgan fingerprint density at radius 1 is 1.32 bits per heavy atom. The Morgan fingerprint density at radius 2 is 2.05 bits per heavy atom. The molecule has 1 heterocycles. The summed E-state index contributed by atoms with van der Waals surface area (Å²) in [5, 5.41) is 0.764. The summed E-state index contributed by atoms with van der Waals surface area (Å²) < 4.78 is 5.88. The van der Waals surface area contributed by atoms with Gasteiger partial charge >= 0.3 is 0 Å². The molecule has 106 valence electrons. The summed E-state index contributed by atoms with van der Waals surface area (Å²) in [6, 6.07) is 5.84. The van der Waals surface area contributed by atoms with Crippen molar-refractivity contribution in [1.82, 2.24) is 4.90 Å². The van der Waals surface area contributed by atoms with E-state index in [4.69, 9.17) is 22.1 Å². The highest BCUT2D eigenvalue weighted by Crippen LogP contribution is 2.26. The molecular formula is C15H23ClN2O. The Labute approximate surface area is 120 Å². The molecule has 1 aromatic rings. The van der Waals surface area contributed by atoms with Crippen molar-refractivity contribution in [2.24, 2.45) is 5.73 Å². The molecule has 0 radical (unpaired) electrons. The van der Waals surface area contributed by atoms with Gasteiger partial charge < -0.3 is 10.5 Å². The molecule has 2 N–H and O–H groups in total. The molecule has 1 aromatic carbocycles. The second-order valence-electron chi connectivity index (χ2n) is 5.25. The summed E-state index contributed by atoms with van der Waals surface area (Å²) in [6.45, 7) is 5.75. The van der Waals surface area contributed by atoms with Gasteiger partial charge in [-0.05, 0) is 51.1 Å². The number of benzene rings is 1. The fraction of sp³-hybridized carbons (Fsp3) is 0.600. The van der Waals surface area contributed by atoms with E-state index in [0.29, 0.717) is 6.54 Å². The van der Waals surface area contributed by atoms with Gasteiger partial charge in [0.1, 0.15) is 11.9 Å². The third kappa shape index (κ3) is 4.37. The van der Waals surface area contributed by atoms with Gasteiger partial charge in [-0.15, -0.1) is 0 Å². The van der Waals surface area contributed by atoms with Crippen LogP contribution in [-0.4, -0.2) is 30.6 Å². The molecule has 19 heavy (non-hydrogen) atoms. The molecule has 1 saturated heterocycles. The minimum Gasteiger partial charge on any atom is -0.489 e. The van der Waals surface area contributed by atoms with E-state index in [1.807, 2.05) is 25.1 Å². The molecule has 1 aliphatic heterocycles. The van der Waals surface area contributed by atoms with Gasteiger partial charge in [-0.25, -0.2) is 0 Å². The van der Waals surface area contributed by atoms with Crippen LogP contribution >= 0.6 is 11.6 Å². The van der Waals surface area contributed by atoms with Crippen LogP contribution in [0.4, 0.5) is 0 Å². The molecule has 0 aromatic heterocycles. The molecule has 1 fully saturated rings. The molecule has 2 rings (SSSR count). The third-order valence-electron chi connectivity index (χ3n) is 3.53. The number of piperidine rings is 1. The first kappa shape index (κ1) is 14.6. The Hall–Kier alpha value is -0.770. The average Bonchev–Trinajstić information content (AvgIpc) is 2.43. The largest absolute Gasteiger partial charge is 0.489 e. The van der Waals surface area contributed by atoms with Crippen LogP contribution < -0.4 is 10.5 Å². The maximum atomic E-state index is 6.11. The highest BCUT2D eigenvalue weighted by Gasteiger charge is 2.14. The van der Waals surface area contributed by atoms with E-state index in [0.717, 1.165) is 22.9 Å². The van der Waals surface area contributed by atoms with Crippen molar-refractivity contribution in [2.75, 3.05) is 19.6 Å². The van der Waals surface area contributed by atoms with Gasteiger partial charge in [0.25, 0.3) is 0 Å². The molecule has 1 unspecified atom stereocenters. The molecule has 0 spiro atoms. The molecule has 1 aliphatic rings. The van der Waals surface area contributed by atoms with Gasteiger partial charge in [0, 0.05) is 23.7 Å². The molecule has 4 heteroatoms. The quantitative estimate of drug-likeness (QED) is 0.902. The minimum atomic E-state index is 0.0290. The first-order chi connectivity index (χ1) is 9.19. The van der Waals surface area contributed by atoms with Crippen LogP contribution in [0.2, 0.25) is 5.02 Å². The molecule has 3 nitrogen and oxygen atoms in total. The van der Waals surface area contributed by atoms with Crippen molar-refractivity contribution < 1.29 is 4.74 Å². The predicted octanol–water partition coefficient (Wildman–Crippen LogP) is 3.05. The lowest BCUT2D eigenvalue weighted by Crippen LogP contribution is -2.30. The monoisotopic (exact) mass is 282 g/mol. The number of likely N-dealkylation sites (tertiary alicyclic amines) is 1. The zero-order valence-electron chi connectivity index (χ0n) is 11.6. The highest BCUT2D eigenvalue weighted by molar-refractivity contribution is 6.30. The highest BCUT2D eigenvalue weighted by atomic mass is 35.5. The molecule has 0 bridgehead atoms. The summed E-state index contributed by atoms with van der Waals surface area (Å²) in [6.07, 6.45) is 3.95. The maximum absolute atomic E-state index is 6.11. The van der Waals surface area contributed by atoms with Crippen LogP contribution in [0.25, 0.3) is 0 Å². The van der Waals surface area contributed by atoms with Crippen LogP contribution in [0.15, 0.2) is 18.2 Å². The van der Waals surface area contributed by atoms with E-state index >= 15 is 0 Å². The Kier molecular flexibility index (Phi) is 5.49. The maximum Gasteiger partial charge on any atom is 0.124 e. The molecule has 0 saturated carbocycles. The van der Waals surface area contributed by atoms with E-state index in [1.54, 1.807) is 0 Å². The number of nitrogens with two attached hydrogens (primary N) is 1. The van der Waals surface area contributed by atoms with Crippen LogP contribution in [0.5, 0.6) is 5.75 Å². The van der Waals surface area contributed by atoms with E-state index in [1.165, 1.54) is 32.4 Å². The topological polar surface area (TPSA) is 38.5 Å². The van der Waals surface area contributed by atoms with Gasteiger partial charge in [-0.1, -0.05) is 18.0 Å². The van der Waals surface area contributed by atoms with Crippen LogP contribution in [0.3, 0.4) is 0 Å². The van der Waals surface area contributed by atoms with E-state index in [-0.39, 0.29) is 6.10 Å². The van der Waals surface area contributed by atoms with Crippen molar-refractivity contribution in [3.8, 4) is 5.75 Å². The summed E-state index contributed by atoms with van der Waals surface area (Å²) in [4.78, 5) is 2.47. The standard InChI is InChI=1S/C15H23ClN2O/c1-12(10-17)19-15-6-5-14(16)9-13(15)11-18-7-3-2-4-8-18/h5-6,9,12H,2-4,7-8,10-11,17H2,1H3. The predicted molar refractivity (Wildman–Crippen MR) is 79.7 cm³/mol. The number of halogens is 1. The molecule has 0 aliphatic carbocycles. The lowest BCUT2D eigenvalue weighted by atomic mass is 10.1. The summed E-state index contributed by atoms with van der Waals surface area (Å²) in [7, 11) is 0. The smallest absolute Gasteiger partial charge is 0.124 e. The van der Waals surface area contributed by atoms with Gasteiger partial charge in [0.2, 0.25) is 0 Å². The van der Waals surface area contributed by atoms with Gasteiger partial charge in [-0.2, -0.15) is 0 Å². The van der Waals surface area contributed by atoms with Crippen LogP contribution in [0, 0.1) is 0 Å². The summed E-state index contributed by atoms with van der Waals surface area (Å²) >= 11 is 6.11. The first-order valence-corrected chi connectivity index (χ1v) is 7.44. The van der Waals surface area contributed by atoms with Crippen molar-refractivity contribution in [3.63, 3.8) is 0 Å². The zero-order chi connectivity index (χ0) is 13.7. The number of hydrogen-bond acceptors (Lipinski definition) is 3. The van der Waals surface area contributed by atoms with Gasteiger partial charge in [-0.3, -0.25) is 4.90 Å². The van der Waals surface area contributed by atoms with Crippen molar-refractivity contribution >= 4 is 11.6 Å². The number of ether oxygens (including phenoxy) is 1. The third-order valence-corrected chi connectivity index (χ3v) is 3.76. The average molecular weight is 283 g/mol. The first-order valence-electron chi connectivity index (χ1n) is 7.06. The SMILES string of the molecule is CC(CN)Oc1ccc(Cl)cc1CN1CCCCC1. The lowest BCUT2D eigenvalue weighted by molar-refractivity contribution is 0.203. The molecule has 0 amide bonds. The normalized spacial score (nSPS) is 18.3. The van der Waals surface area contributed by atoms with Crippen LogP contribution in [0.1, 0.15) is 31.7 Å². The van der Waals surface area contributed by atoms with Gasteiger partial charge in [0.15, 0.2) is 0 Å². The number of nitrogens with zero attached hydrogens (tertiary/aromatic N) is 1. The molecule has 1 atom stereocenters. The minimum absolute atomic E-state index is 0.0290. The Balaban J connectivity index is 2.09. The van der Waals surface area contributed by atoms with Gasteiger partial charge in [0.05, 0.1) is 0 Å². The Morgan fingerprint density at radius 3 is 2.74 bits per heavy atom. The summed E-state index contributed by atoms with van der Waals surface area (Å²) in [5.74, 6) is 0.910. The zero-order valence-corrected chi connectivity index (χ0v) is 12.3. The fourth-order valence-electron chi connectivity index (χ4n) is 2.41. The van der Waals surface area contributed by atoms with Crippen LogP contribution in [-0.2, 0) is 6.54 Å². The Bertz CT molecular complexity index is 405. The van der Waals surface area contributed by atoms with Crippen molar-refractivity contribution in [2.45, 2.75) is 38.8 Å². The summed E-state index contributed by atoms with van der Waals surface area (Å²) in [5.41, 5.74) is 6.78. The second kappa shape index (κ2) is 7.13. The molecular weight excluding hydrogens is 260 g/mol. The number of rotatable bonds is 5.